The van der Waals surface area contributed by atoms with Crippen LogP contribution in [0.2, 0.25) is 5.02 Å². The summed E-state index contributed by atoms with van der Waals surface area (Å²) in [5.74, 6) is 1.06. The maximum atomic E-state index is 12.6. The number of aliphatic imine (C=N–C) groups is 1. The van der Waals surface area contributed by atoms with Crippen LogP contribution in [0.25, 0.3) is 0 Å². The third-order valence-electron chi connectivity index (χ3n) is 4.90. The van der Waals surface area contributed by atoms with Crippen molar-refractivity contribution in [3.8, 4) is 0 Å². The molecule has 1 amide bonds. The molecule has 1 fully saturated rings. The summed E-state index contributed by atoms with van der Waals surface area (Å²) in [5.41, 5.74) is 2.14. The molecule has 1 aromatic carbocycles. The second-order valence-electron chi connectivity index (χ2n) is 7.02. The van der Waals surface area contributed by atoms with Gasteiger partial charge in [0.2, 0.25) is 5.91 Å². The molecule has 30 heavy (non-hydrogen) atoms. The standard InChI is InChI=1S/C22H28ClN5O.HI/c1-2-25-22(26-10-8-18-6-4-9-24-17-18)28-13-11-27(12-14-28)21(29)16-19-5-3-7-20(23)15-19;/h3-7,9,15,17H,2,8,10-14,16H2,1H3,(H,25,26);1H. The van der Waals surface area contributed by atoms with E-state index in [1.54, 1.807) is 6.20 Å². The fraction of sp³-hybridized carbons (Fsp3) is 0.409. The number of pyridine rings is 1. The maximum Gasteiger partial charge on any atom is 0.227 e. The number of aromatic nitrogens is 1. The first-order chi connectivity index (χ1) is 14.2. The first-order valence-corrected chi connectivity index (χ1v) is 10.5. The Balaban J connectivity index is 0.00000320. The number of hydrogen-bond donors (Lipinski definition) is 1. The van der Waals surface area contributed by atoms with Crippen molar-refractivity contribution >= 4 is 47.4 Å². The van der Waals surface area contributed by atoms with Gasteiger partial charge >= 0.3 is 0 Å². The van der Waals surface area contributed by atoms with E-state index in [4.69, 9.17) is 16.6 Å². The monoisotopic (exact) mass is 541 g/mol. The number of guanidine groups is 1. The van der Waals surface area contributed by atoms with Gasteiger partial charge in [-0.05, 0) is 42.7 Å². The summed E-state index contributed by atoms with van der Waals surface area (Å²) in [6, 6.07) is 11.5. The Kier molecular flexibility index (Phi) is 10.4. The van der Waals surface area contributed by atoms with E-state index in [0.29, 0.717) is 31.1 Å². The quantitative estimate of drug-likeness (QED) is 0.347. The van der Waals surface area contributed by atoms with Crippen molar-refractivity contribution in [3.63, 3.8) is 0 Å². The van der Waals surface area contributed by atoms with E-state index in [1.807, 2.05) is 41.4 Å². The largest absolute Gasteiger partial charge is 0.357 e. The van der Waals surface area contributed by atoms with Gasteiger partial charge in [0.1, 0.15) is 0 Å². The van der Waals surface area contributed by atoms with Crippen LogP contribution in [0.15, 0.2) is 53.8 Å². The maximum absolute atomic E-state index is 12.6. The van der Waals surface area contributed by atoms with Gasteiger partial charge in [-0.15, -0.1) is 24.0 Å². The predicted octanol–water partition coefficient (Wildman–Crippen LogP) is 3.25. The molecule has 0 spiro atoms. The van der Waals surface area contributed by atoms with Crippen LogP contribution in [-0.4, -0.2) is 65.9 Å². The van der Waals surface area contributed by atoms with E-state index >= 15 is 0 Å². The van der Waals surface area contributed by atoms with Crippen molar-refractivity contribution in [2.24, 2.45) is 4.99 Å². The lowest BCUT2D eigenvalue weighted by molar-refractivity contribution is -0.131. The number of rotatable bonds is 6. The Morgan fingerprint density at radius 2 is 1.87 bits per heavy atom. The van der Waals surface area contributed by atoms with Crippen LogP contribution in [0.4, 0.5) is 0 Å². The van der Waals surface area contributed by atoms with E-state index < -0.39 is 0 Å². The molecule has 0 radical (unpaired) electrons. The molecule has 0 atom stereocenters. The lowest BCUT2D eigenvalue weighted by Gasteiger charge is -2.36. The molecule has 3 rings (SSSR count). The second kappa shape index (κ2) is 12.7. The Morgan fingerprint density at radius 1 is 1.13 bits per heavy atom. The highest BCUT2D eigenvalue weighted by Gasteiger charge is 2.23. The number of halogens is 2. The van der Waals surface area contributed by atoms with Crippen LogP contribution in [0.1, 0.15) is 18.1 Å². The summed E-state index contributed by atoms with van der Waals surface area (Å²) in [6.45, 7) is 6.56. The van der Waals surface area contributed by atoms with E-state index in [1.165, 1.54) is 5.56 Å². The minimum Gasteiger partial charge on any atom is -0.357 e. The van der Waals surface area contributed by atoms with Gasteiger partial charge in [-0.2, -0.15) is 0 Å². The van der Waals surface area contributed by atoms with Gasteiger partial charge in [0.05, 0.1) is 6.42 Å². The fourth-order valence-corrected chi connectivity index (χ4v) is 3.58. The number of carbonyl (C=O) groups is 1. The third kappa shape index (κ3) is 7.43. The summed E-state index contributed by atoms with van der Waals surface area (Å²) < 4.78 is 0. The molecule has 0 aliphatic carbocycles. The van der Waals surface area contributed by atoms with Crippen LogP contribution in [-0.2, 0) is 17.6 Å². The van der Waals surface area contributed by atoms with Crippen LogP contribution in [0.3, 0.4) is 0 Å². The van der Waals surface area contributed by atoms with Crippen LogP contribution < -0.4 is 5.32 Å². The van der Waals surface area contributed by atoms with Crippen molar-refractivity contribution in [2.45, 2.75) is 19.8 Å². The summed E-state index contributed by atoms with van der Waals surface area (Å²) in [7, 11) is 0. The number of carbonyl (C=O) groups excluding carboxylic acids is 1. The van der Waals surface area contributed by atoms with Crippen LogP contribution in [0, 0.1) is 0 Å². The molecule has 6 nitrogen and oxygen atoms in total. The molecular formula is C22H29ClIN5O. The number of nitrogens with one attached hydrogen (secondary N) is 1. The van der Waals surface area contributed by atoms with Crippen molar-refractivity contribution in [1.29, 1.82) is 0 Å². The van der Waals surface area contributed by atoms with Gasteiger partial charge in [0.25, 0.3) is 0 Å². The molecule has 1 saturated heterocycles. The summed E-state index contributed by atoms with van der Waals surface area (Å²) in [6.07, 6.45) is 4.91. The zero-order chi connectivity index (χ0) is 20.5. The zero-order valence-corrected chi connectivity index (χ0v) is 20.3. The molecule has 0 saturated carbocycles. The van der Waals surface area contributed by atoms with E-state index in [2.05, 4.69) is 28.2 Å². The zero-order valence-electron chi connectivity index (χ0n) is 17.3. The second-order valence-corrected chi connectivity index (χ2v) is 7.46. The van der Waals surface area contributed by atoms with E-state index in [-0.39, 0.29) is 29.9 Å². The molecule has 2 aromatic rings. The number of nitrogens with zero attached hydrogens (tertiary/aromatic N) is 4. The van der Waals surface area contributed by atoms with Gasteiger partial charge < -0.3 is 15.1 Å². The Labute approximate surface area is 200 Å². The Morgan fingerprint density at radius 3 is 2.53 bits per heavy atom. The third-order valence-corrected chi connectivity index (χ3v) is 5.13. The minimum atomic E-state index is 0. The van der Waals surface area contributed by atoms with Gasteiger partial charge in [-0.3, -0.25) is 14.8 Å². The molecule has 1 aliphatic heterocycles. The molecule has 1 aliphatic rings. The Hall–Kier alpha value is -1.87. The Bertz CT molecular complexity index is 825. The smallest absolute Gasteiger partial charge is 0.227 e. The van der Waals surface area contributed by atoms with Crippen molar-refractivity contribution < 1.29 is 4.79 Å². The number of benzene rings is 1. The molecule has 1 aromatic heterocycles. The number of amides is 1. The van der Waals surface area contributed by atoms with Crippen molar-refractivity contribution in [3.05, 3.63) is 64.9 Å². The van der Waals surface area contributed by atoms with Gasteiger partial charge in [-0.1, -0.05) is 29.8 Å². The summed E-state index contributed by atoms with van der Waals surface area (Å²) >= 11 is 6.02. The number of hydrogen-bond acceptors (Lipinski definition) is 3. The number of piperazine rings is 1. The van der Waals surface area contributed by atoms with Gasteiger partial charge in [0.15, 0.2) is 5.96 Å². The van der Waals surface area contributed by atoms with Gasteiger partial charge in [0, 0.05) is 56.7 Å². The SMILES string of the molecule is CCNC(=NCCc1cccnc1)N1CCN(C(=O)Cc2cccc(Cl)c2)CC1.I. The molecule has 0 unspecified atom stereocenters. The average molecular weight is 542 g/mol. The highest BCUT2D eigenvalue weighted by atomic mass is 127. The average Bonchev–Trinajstić information content (AvgIpc) is 2.74. The van der Waals surface area contributed by atoms with Crippen molar-refractivity contribution in [1.82, 2.24) is 20.1 Å². The highest BCUT2D eigenvalue weighted by Crippen LogP contribution is 2.13. The lowest BCUT2D eigenvalue weighted by Crippen LogP contribution is -2.54. The predicted molar refractivity (Wildman–Crippen MR) is 133 cm³/mol. The molecular weight excluding hydrogens is 513 g/mol. The van der Waals surface area contributed by atoms with Gasteiger partial charge in [-0.25, -0.2) is 0 Å². The van der Waals surface area contributed by atoms with E-state index in [9.17, 15) is 4.79 Å². The summed E-state index contributed by atoms with van der Waals surface area (Å²) in [5, 5.41) is 4.04. The normalized spacial score (nSPS) is 14.3. The van der Waals surface area contributed by atoms with Crippen LogP contribution in [0.5, 0.6) is 0 Å². The molecule has 0 bridgehead atoms. The molecule has 162 valence electrons. The first kappa shape index (κ1) is 24.4. The molecule has 2 heterocycles. The van der Waals surface area contributed by atoms with Crippen LogP contribution >= 0.6 is 35.6 Å². The molecule has 8 heteroatoms. The minimum absolute atomic E-state index is 0. The van der Waals surface area contributed by atoms with E-state index in [0.717, 1.165) is 37.6 Å². The molecule has 1 N–H and O–H groups in total. The first-order valence-electron chi connectivity index (χ1n) is 10.1. The fourth-order valence-electron chi connectivity index (χ4n) is 3.36. The highest BCUT2D eigenvalue weighted by molar-refractivity contribution is 14.0. The van der Waals surface area contributed by atoms with Crippen molar-refractivity contribution in [2.75, 3.05) is 39.3 Å². The topological polar surface area (TPSA) is 60.8 Å². The summed E-state index contributed by atoms with van der Waals surface area (Å²) in [4.78, 5) is 25.7. The lowest BCUT2D eigenvalue weighted by atomic mass is 10.1.